The van der Waals surface area contributed by atoms with E-state index in [1.54, 1.807) is 24.3 Å². The maximum atomic E-state index is 11.9. The van der Waals surface area contributed by atoms with Crippen molar-refractivity contribution in [3.05, 3.63) is 35.4 Å². The Morgan fingerprint density at radius 2 is 1.72 bits per heavy atom. The number of fused-ring (bicyclic) bond motifs is 1. The highest BCUT2D eigenvalue weighted by Gasteiger charge is 2.35. The molecule has 0 bridgehead atoms. The van der Waals surface area contributed by atoms with Crippen LogP contribution in [0.3, 0.4) is 0 Å². The molecule has 0 saturated heterocycles. The zero-order valence-electron chi connectivity index (χ0n) is 10.0. The molecule has 0 N–H and O–H groups in total. The molecule has 0 spiro atoms. The largest absolute Gasteiger partial charge is 0.444 e. The highest BCUT2D eigenvalue weighted by Crippen LogP contribution is 2.22. The van der Waals surface area contributed by atoms with Crippen LogP contribution in [0.1, 0.15) is 40.5 Å². The van der Waals surface area contributed by atoms with Gasteiger partial charge in [0.25, 0.3) is 11.8 Å². The second-order valence-corrected chi connectivity index (χ2v) is 3.98. The fourth-order valence-electron chi connectivity index (χ4n) is 1.77. The van der Waals surface area contributed by atoms with Crippen molar-refractivity contribution in [3.8, 4) is 0 Å². The van der Waals surface area contributed by atoms with E-state index in [2.05, 4.69) is 0 Å². The first-order valence-corrected chi connectivity index (χ1v) is 5.76. The van der Waals surface area contributed by atoms with E-state index in [1.165, 1.54) is 0 Å². The van der Waals surface area contributed by atoms with Gasteiger partial charge in [-0.05, 0) is 18.6 Å². The molecule has 5 heteroatoms. The van der Waals surface area contributed by atoms with E-state index in [1.807, 2.05) is 6.92 Å². The monoisotopic (exact) mass is 247 g/mol. The van der Waals surface area contributed by atoms with Crippen LogP contribution in [-0.4, -0.2) is 29.4 Å². The van der Waals surface area contributed by atoms with Crippen molar-refractivity contribution in [2.45, 2.75) is 19.8 Å². The van der Waals surface area contributed by atoms with Crippen molar-refractivity contribution < 1.29 is 19.1 Å². The molecule has 0 fully saturated rings. The Hall–Kier alpha value is -2.17. The Morgan fingerprint density at radius 3 is 2.22 bits per heavy atom. The van der Waals surface area contributed by atoms with Crippen LogP contribution in [0, 0.1) is 0 Å². The fourth-order valence-corrected chi connectivity index (χ4v) is 1.77. The fraction of sp³-hybridized carbons (Fsp3) is 0.308. The zero-order valence-corrected chi connectivity index (χ0v) is 10.0. The van der Waals surface area contributed by atoms with Gasteiger partial charge in [-0.1, -0.05) is 19.1 Å². The third kappa shape index (κ3) is 2.11. The molecule has 0 saturated carbocycles. The number of amides is 2. The van der Waals surface area contributed by atoms with Gasteiger partial charge in [0.15, 0.2) is 6.73 Å². The summed E-state index contributed by atoms with van der Waals surface area (Å²) in [6.45, 7) is 1.54. The number of benzene rings is 1. The molecule has 1 heterocycles. The molecule has 0 aromatic heterocycles. The number of ether oxygens (including phenoxy) is 1. The van der Waals surface area contributed by atoms with E-state index in [0.717, 1.165) is 4.90 Å². The summed E-state index contributed by atoms with van der Waals surface area (Å²) in [5.74, 6) is -1.24. The lowest BCUT2D eigenvalue weighted by molar-refractivity contribution is -0.146. The minimum atomic E-state index is -0.417. The number of carbonyl (C=O) groups is 3. The Bertz CT molecular complexity index is 474. The smallest absolute Gasteiger partial charge is 0.307 e. The topological polar surface area (TPSA) is 63.7 Å². The summed E-state index contributed by atoms with van der Waals surface area (Å²) in [5.41, 5.74) is 0.711. The van der Waals surface area contributed by atoms with Crippen LogP contribution in [0.15, 0.2) is 24.3 Å². The number of carbonyl (C=O) groups excluding carboxylic acids is 3. The lowest BCUT2D eigenvalue weighted by Crippen LogP contribution is -2.33. The summed E-state index contributed by atoms with van der Waals surface area (Å²) in [5, 5.41) is 0. The summed E-state index contributed by atoms with van der Waals surface area (Å²) < 4.78 is 4.88. The molecule has 0 unspecified atom stereocenters. The van der Waals surface area contributed by atoms with Crippen LogP contribution in [0.2, 0.25) is 0 Å². The summed E-state index contributed by atoms with van der Waals surface area (Å²) in [6.07, 6.45) is 0.949. The molecule has 0 aliphatic carbocycles. The molecule has 1 aliphatic rings. The van der Waals surface area contributed by atoms with Gasteiger partial charge in [-0.3, -0.25) is 14.4 Å². The predicted octanol–water partition coefficient (Wildman–Crippen LogP) is 1.58. The number of nitrogens with zero attached hydrogens (tertiary/aromatic N) is 1. The third-order valence-electron chi connectivity index (χ3n) is 2.69. The lowest BCUT2D eigenvalue weighted by atomic mass is 10.1. The van der Waals surface area contributed by atoms with Crippen molar-refractivity contribution in [2.24, 2.45) is 0 Å². The number of hydrogen-bond donors (Lipinski definition) is 0. The van der Waals surface area contributed by atoms with E-state index in [-0.39, 0.29) is 13.2 Å². The molecule has 0 radical (unpaired) electrons. The van der Waals surface area contributed by atoms with Gasteiger partial charge in [-0.15, -0.1) is 0 Å². The van der Waals surface area contributed by atoms with Gasteiger partial charge >= 0.3 is 5.97 Å². The summed E-state index contributed by atoms with van der Waals surface area (Å²) in [4.78, 5) is 35.9. The van der Waals surface area contributed by atoms with Gasteiger partial charge in [0.05, 0.1) is 11.1 Å². The Kier molecular flexibility index (Phi) is 3.41. The van der Waals surface area contributed by atoms with Gasteiger partial charge < -0.3 is 4.74 Å². The minimum Gasteiger partial charge on any atom is -0.444 e. The van der Waals surface area contributed by atoms with E-state index >= 15 is 0 Å². The van der Waals surface area contributed by atoms with Crippen molar-refractivity contribution in [3.63, 3.8) is 0 Å². The standard InChI is InChI=1S/C13H13NO4/c1-2-5-11(15)18-8-14-12(16)9-6-3-4-7-10(9)13(14)17/h3-4,6-7H,2,5,8H2,1H3. The van der Waals surface area contributed by atoms with Crippen LogP contribution >= 0.6 is 0 Å². The highest BCUT2D eigenvalue weighted by molar-refractivity contribution is 6.21. The van der Waals surface area contributed by atoms with Crippen molar-refractivity contribution in [1.29, 1.82) is 0 Å². The molecular weight excluding hydrogens is 234 g/mol. The summed E-state index contributed by atoms with van der Waals surface area (Å²) in [7, 11) is 0. The number of esters is 1. The van der Waals surface area contributed by atoms with Crippen molar-refractivity contribution in [2.75, 3.05) is 6.73 Å². The lowest BCUT2D eigenvalue weighted by Gasteiger charge is -2.13. The Balaban J connectivity index is 2.07. The number of rotatable bonds is 4. The van der Waals surface area contributed by atoms with E-state index in [9.17, 15) is 14.4 Å². The van der Waals surface area contributed by atoms with E-state index in [4.69, 9.17) is 4.74 Å². The van der Waals surface area contributed by atoms with Crippen molar-refractivity contribution in [1.82, 2.24) is 4.90 Å². The average Bonchev–Trinajstić information content (AvgIpc) is 2.61. The molecule has 2 amide bonds. The highest BCUT2D eigenvalue weighted by atomic mass is 16.5. The first kappa shape index (κ1) is 12.3. The van der Waals surface area contributed by atoms with Crippen LogP contribution < -0.4 is 0 Å². The van der Waals surface area contributed by atoms with Crippen LogP contribution in [0.25, 0.3) is 0 Å². The SMILES string of the molecule is CCCC(=O)OCN1C(=O)c2ccccc2C1=O. The van der Waals surface area contributed by atoms with Gasteiger partial charge in [0.1, 0.15) is 0 Å². The first-order valence-electron chi connectivity index (χ1n) is 5.76. The number of hydrogen-bond acceptors (Lipinski definition) is 4. The van der Waals surface area contributed by atoms with Gasteiger partial charge in [-0.2, -0.15) is 0 Å². The normalized spacial score (nSPS) is 13.7. The van der Waals surface area contributed by atoms with Crippen LogP contribution in [-0.2, 0) is 9.53 Å². The van der Waals surface area contributed by atoms with E-state index < -0.39 is 17.8 Å². The maximum Gasteiger partial charge on any atom is 0.307 e. The van der Waals surface area contributed by atoms with Gasteiger partial charge in [-0.25, -0.2) is 4.90 Å². The maximum absolute atomic E-state index is 11.9. The van der Waals surface area contributed by atoms with Crippen LogP contribution in [0.4, 0.5) is 0 Å². The summed E-state index contributed by atoms with van der Waals surface area (Å²) in [6, 6.07) is 6.56. The van der Waals surface area contributed by atoms with Crippen molar-refractivity contribution >= 4 is 17.8 Å². The van der Waals surface area contributed by atoms with E-state index in [0.29, 0.717) is 17.5 Å². The predicted molar refractivity (Wildman–Crippen MR) is 62.8 cm³/mol. The molecule has 5 nitrogen and oxygen atoms in total. The molecule has 2 rings (SSSR count). The average molecular weight is 247 g/mol. The second kappa shape index (κ2) is 5.00. The quantitative estimate of drug-likeness (QED) is 0.598. The molecule has 0 atom stereocenters. The molecule has 1 aliphatic heterocycles. The van der Waals surface area contributed by atoms with Gasteiger partial charge in [0.2, 0.25) is 0 Å². The Labute approximate surface area is 104 Å². The molecular formula is C13H13NO4. The molecule has 94 valence electrons. The second-order valence-electron chi connectivity index (χ2n) is 3.98. The molecule has 1 aromatic carbocycles. The minimum absolute atomic E-state index is 0.281. The third-order valence-corrected chi connectivity index (χ3v) is 2.69. The zero-order chi connectivity index (χ0) is 13.1. The van der Waals surface area contributed by atoms with Gasteiger partial charge in [0, 0.05) is 6.42 Å². The van der Waals surface area contributed by atoms with Crippen LogP contribution in [0.5, 0.6) is 0 Å². The molecule has 1 aromatic rings. The number of imide groups is 1. The Morgan fingerprint density at radius 1 is 1.17 bits per heavy atom. The molecule has 18 heavy (non-hydrogen) atoms. The summed E-state index contributed by atoms with van der Waals surface area (Å²) >= 11 is 0. The first-order chi connectivity index (χ1) is 8.65.